The molecule has 2 rings (SSSR count). The van der Waals surface area contributed by atoms with Gasteiger partial charge in [-0.05, 0) is 32.2 Å². The van der Waals surface area contributed by atoms with Crippen molar-refractivity contribution < 1.29 is 13.5 Å². The van der Waals surface area contributed by atoms with Crippen LogP contribution in [0.1, 0.15) is 17.1 Å². The minimum Gasteiger partial charge on any atom is -0.489 e. The second-order valence-electron chi connectivity index (χ2n) is 4.22. The highest BCUT2D eigenvalue weighted by Gasteiger charge is 2.08. The van der Waals surface area contributed by atoms with E-state index in [2.05, 4.69) is 21.2 Å². The predicted octanol–water partition coefficient (Wildman–Crippen LogP) is 3.79. The van der Waals surface area contributed by atoms with Crippen molar-refractivity contribution in [2.24, 2.45) is 0 Å². The Labute approximate surface area is 119 Å². The summed E-state index contributed by atoms with van der Waals surface area (Å²) in [7, 11) is 1.86. The maximum Gasteiger partial charge on any atom is 0.128 e. The molecular formula is C14H15BrFNO2. The van der Waals surface area contributed by atoms with E-state index in [-0.39, 0.29) is 5.82 Å². The van der Waals surface area contributed by atoms with Crippen molar-refractivity contribution in [1.82, 2.24) is 5.32 Å². The molecule has 19 heavy (non-hydrogen) atoms. The van der Waals surface area contributed by atoms with Gasteiger partial charge >= 0.3 is 0 Å². The largest absolute Gasteiger partial charge is 0.489 e. The molecule has 0 atom stereocenters. The molecule has 3 nitrogen and oxygen atoms in total. The van der Waals surface area contributed by atoms with E-state index in [1.807, 2.05) is 20.0 Å². The Morgan fingerprint density at radius 2 is 2.11 bits per heavy atom. The highest BCUT2D eigenvalue weighted by molar-refractivity contribution is 9.10. The minimum absolute atomic E-state index is 0.329. The zero-order valence-corrected chi connectivity index (χ0v) is 12.4. The van der Waals surface area contributed by atoms with Crippen LogP contribution in [0.25, 0.3) is 0 Å². The van der Waals surface area contributed by atoms with Crippen molar-refractivity contribution in [2.75, 3.05) is 7.05 Å². The van der Waals surface area contributed by atoms with E-state index in [9.17, 15) is 4.39 Å². The van der Waals surface area contributed by atoms with Crippen LogP contribution in [0.5, 0.6) is 5.75 Å². The van der Waals surface area contributed by atoms with Crippen LogP contribution < -0.4 is 10.1 Å². The van der Waals surface area contributed by atoms with E-state index in [1.54, 1.807) is 6.07 Å². The molecule has 0 aliphatic heterocycles. The Bertz CT molecular complexity index is 548. The summed E-state index contributed by atoms with van der Waals surface area (Å²) in [6, 6.07) is 6.42. The Balaban J connectivity index is 2.05. The van der Waals surface area contributed by atoms with Crippen molar-refractivity contribution in [1.29, 1.82) is 0 Å². The van der Waals surface area contributed by atoms with E-state index in [0.717, 1.165) is 17.1 Å². The molecule has 1 heterocycles. The van der Waals surface area contributed by atoms with Crippen LogP contribution in [-0.4, -0.2) is 7.05 Å². The lowest BCUT2D eigenvalue weighted by Crippen LogP contribution is -2.03. The van der Waals surface area contributed by atoms with Gasteiger partial charge in [0.25, 0.3) is 0 Å². The van der Waals surface area contributed by atoms with Gasteiger partial charge in [-0.3, -0.25) is 0 Å². The fourth-order valence-electron chi connectivity index (χ4n) is 1.77. The zero-order chi connectivity index (χ0) is 13.8. The summed E-state index contributed by atoms with van der Waals surface area (Å²) in [5.41, 5.74) is 0.964. The fraction of sp³-hybridized carbons (Fsp3) is 0.286. The van der Waals surface area contributed by atoms with Crippen LogP contribution in [-0.2, 0) is 13.2 Å². The summed E-state index contributed by atoms with van der Waals surface area (Å²) in [5, 5.41) is 3.02. The van der Waals surface area contributed by atoms with E-state index in [0.29, 0.717) is 23.4 Å². The molecule has 1 N–H and O–H groups in total. The summed E-state index contributed by atoms with van der Waals surface area (Å²) >= 11 is 3.23. The molecule has 1 aromatic carbocycles. The number of hydrogen-bond acceptors (Lipinski definition) is 3. The molecular weight excluding hydrogens is 313 g/mol. The molecule has 0 unspecified atom stereocenters. The van der Waals surface area contributed by atoms with Gasteiger partial charge in [-0.1, -0.05) is 15.9 Å². The quantitative estimate of drug-likeness (QED) is 0.907. The Morgan fingerprint density at radius 1 is 1.32 bits per heavy atom. The number of benzene rings is 1. The van der Waals surface area contributed by atoms with Gasteiger partial charge in [-0.2, -0.15) is 0 Å². The molecule has 0 fully saturated rings. The van der Waals surface area contributed by atoms with E-state index in [4.69, 9.17) is 9.15 Å². The van der Waals surface area contributed by atoms with Gasteiger partial charge < -0.3 is 14.5 Å². The van der Waals surface area contributed by atoms with E-state index in [1.165, 1.54) is 12.1 Å². The van der Waals surface area contributed by atoms with Gasteiger partial charge in [-0.15, -0.1) is 0 Å². The molecule has 0 aliphatic rings. The highest BCUT2D eigenvalue weighted by Crippen LogP contribution is 2.23. The van der Waals surface area contributed by atoms with Gasteiger partial charge in [0.05, 0.1) is 6.54 Å². The van der Waals surface area contributed by atoms with Crippen LogP contribution in [0.2, 0.25) is 0 Å². The average molecular weight is 328 g/mol. The Hall–Kier alpha value is -1.33. The van der Waals surface area contributed by atoms with Crippen molar-refractivity contribution in [3.8, 4) is 5.75 Å². The van der Waals surface area contributed by atoms with Crippen LogP contribution in [0.3, 0.4) is 0 Å². The number of hydrogen-bond donors (Lipinski definition) is 1. The first kappa shape index (κ1) is 14.1. The molecule has 0 amide bonds. The Kier molecular flexibility index (Phi) is 4.61. The molecule has 0 bridgehead atoms. The third kappa shape index (κ3) is 3.81. The Morgan fingerprint density at radius 3 is 2.79 bits per heavy atom. The molecule has 102 valence electrons. The first-order valence-electron chi connectivity index (χ1n) is 5.90. The maximum atomic E-state index is 13.2. The second-order valence-corrected chi connectivity index (χ2v) is 5.13. The summed E-state index contributed by atoms with van der Waals surface area (Å²) < 4.78 is 25.0. The summed E-state index contributed by atoms with van der Waals surface area (Å²) in [6.45, 7) is 2.92. The molecule has 0 saturated carbocycles. The lowest BCUT2D eigenvalue weighted by atomic mass is 10.2. The molecule has 0 saturated heterocycles. The summed E-state index contributed by atoms with van der Waals surface area (Å²) in [6.07, 6.45) is 0. The van der Waals surface area contributed by atoms with Gasteiger partial charge in [0.1, 0.15) is 29.7 Å². The number of rotatable bonds is 5. The topological polar surface area (TPSA) is 34.4 Å². The monoisotopic (exact) mass is 327 g/mol. The first-order chi connectivity index (χ1) is 9.08. The predicted molar refractivity (Wildman–Crippen MR) is 74.6 cm³/mol. The van der Waals surface area contributed by atoms with Gasteiger partial charge in [0, 0.05) is 16.1 Å². The molecule has 5 heteroatoms. The number of furan rings is 1. The van der Waals surface area contributed by atoms with Crippen LogP contribution in [0.15, 0.2) is 33.2 Å². The average Bonchev–Trinajstić information content (AvgIpc) is 2.66. The van der Waals surface area contributed by atoms with Crippen LogP contribution in [0, 0.1) is 12.7 Å². The number of aryl methyl sites for hydroxylation is 1. The van der Waals surface area contributed by atoms with E-state index >= 15 is 0 Å². The smallest absolute Gasteiger partial charge is 0.128 e. The van der Waals surface area contributed by atoms with Gasteiger partial charge in [0.2, 0.25) is 0 Å². The third-order valence-corrected chi connectivity index (χ3v) is 3.11. The molecule has 1 aromatic heterocycles. The number of halogens is 2. The SMILES string of the molecule is CNCc1cc(COc2cc(F)cc(Br)c2)c(C)o1. The van der Waals surface area contributed by atoms with Crippen LogP contribution in [0.4, 0.5) is 4.39 Å². The van der Waals surface area contributed by atoms with Gasteiger partial charge in [-0.25, -0.2) is 4.39 Å². The summed E-state index contributed by atoms with van der Waals surface area (Å²) in [4.78, 5) is 0. The first-order valence-corrected chi connectivity index (χ1v) is 6.69. The van der Waals surface area contributed by atoms with Crippen LogP contribution >= 0.6 is 15.9 Å². The molecule has 0 radical (unpaired) electrons. The van der Waals surface area contributed by atoms with Crippen molar-refractivity contribution in [3.63, 3.8) is 0 Å². The standard InChI is InChI=1S/C14H15BrFNO2/c1-9-10(3-14(19-9)7-17-2)8-18-13-5-11(15)4-12(16)6-13/h3-6,17H,7-8H2,1-2H3. The minimum atomic E-state index is -0.329. The van der Waals surface area contributed by atoms with Crippen molar-refractivity contribution in [3.05, 3.63) is 51.6 Å². The van der Waals surface area contributed by atoms with Crippen molar-refractivity contribution >= 4 is 15.9 Å². The highest BCUT2D eigenvalue weighted by atomic mass is 79.9. The fourth-order valence-corrected chi connectivity index (χ4v) is 2.21. The lowest BCUT2D eigenvalue weighted by Gasteiger charge is -2.06. The normalized spacial score (nSPS) is 10.7. The van der Waals surface area contributed by atoms with E-state index < -0.39 is 0 Å². The lowest BCUT2D eigenvalue weighted by molar-refractivity contribution is 0.301. The van der Waals surface area contributed by atoms with Crippen molar-refractivity contribution in [2.45, 2.75) is 20.1 Å². The third-order valence-electron chi connectivity index (χ3n) is 2.65. The van der Waals surface area contributed by atoms with Gasteiger partial charge in [0.15, 0.2) is 0 Å². The molecule has 0 spiro atoms. The zero-order valence-electron chi connectivity index (χ0n) is 10.8. The number of ether oxygens (including phenoxy) is 1. The molecule has 0 aliphatic carbocycles. The summed E-state index contributed by atoms with van der Waals surface area (Å²) in [5.74, 6) is 1.84. The second kappa shape index (κ2) is 6.21. The maximum absolute atomic E-state index is 13.2. The molecule has 2 aromatic rings. The number of nitrogens with one attached hydrogen (secondary N) is 1.